The number of aryl methyl sites for hydroxylation is 2. The first-order valence-corrected chi connectivity index (χ1v) is 7.16. The Balaban J connectivity index is 2.12. The Morgan fingerprint density at radius 3 is 2.63 bits per heavy atom. The molecule has 0 radical (unpaired) electrons. The van der Waals surface area contributed by atoms with Crippen molar-refractivity contribution in [3.8, 4) is 0 Å². The Morgan fingerprint density at radius 1 is 1.42 bits per heavy atom. The monoisotopic (exact) mass is 292 g/mol. The summed E-state index contributed by atoms with van der Waals surface area (Å²) < 4.78 is 0. The Morgan fingerprint density at radius 2 is 2.16 bits per heavy atom. The van der Waals surface area contributed by atoms with Gasteiger partial charge in [0.25, 0.3) is 0 Å². The van der Waals surface area contributed by atoms with Crippen LogP contribution in [0, 0.1) is 13.8 Å². The maximum absolute atomic E-state index is 5.52. The molecule has 0 fully saturated rings. The molecule has 0 aliphatic rings. The van der Waals surface area contributed by atoms with Gasteiger partial charge in [0.2, 0.25) is 0 Å². The number of pyridine rings is 1. The van der Waals surface area contributed by atoms with Gasteiger partial charge in [-0.15, -0.1) is 11.3 Å². The first-order chi connectivity index (χ1) is 8.97. The van der Waals surface area contributed by atoms with Crippen LogP contribution in [-0.4, -0.2) is 15.0 Å². The summed E-state index contributed by atoms with van der Waals surface area (Å²) in [7, 11) is 0. The van der Waals surface area contributed by atoms with Crippen LogP contribution in [-0.2, 0) is 0 Å². The third-order valence-electron chi connectivity index (χ3n) is 2.73. The number of rotatable bonds is 4. The molecule has 2 rings (SSSR count). The van der Waals surface area contributed by atoms with Crippen LogP contribution in [0.3, 0.4) is 0 Å². The van der Waals surface area contributed by atoms with Crippen LogP contribution in [0.2, 0.25) is 0 Å². The van der Waals surface area contributed by atoms with E-state index in [1.807, 2.05) is 26.0 Å². The van der Waals surface area contributed by atoms with Gasteiger partial charge in [0, 0.05) is 4.88 Å². The maximum Gasteiger partial charge on any atom is 0.122 e. The van der Waals surface area contributed by atoms with Gasteiger partial charge in [-0.25, -0.2) is 4.98 Å². The molecule has 3 N–H and O–H groups in total. The van der Waals surface area contributed by atoms with Gasteiger partial charge in [0.15, 0.2) is 0 Å². The summed E-state index contributed by atoms with van der Waals surface area (Å²) in [4.78, 5) is 10.2. The van der Waals surface area contributed by atoms with E-state index in [4.69, 9.17) is 18.0 Å². The molecule has 2 aromatic heterocycles. The summed E-state index contributed by atoms with van der Waals surface area (Å²) in [6.45, 7) is 6.17. The summed E-state index contributed by atoms with van der Waals surface area (Å²) in [5.41, 5.74) is 8.18. The van der Waals surface area contributed by atoms with Gasteiger partial charge in [-0.05, 0) is 32.9 Å². The average molecular weight is 292 g/mol. The van der Waals surface area contributed by atoms with E-state index in [0.29, 0.717) is 10.7 Å². The first kappa shape index (κ1) is 13.9. The number of nitrogens with zero attached hydrogens (tertiary/aromatic N) is 2. The highest BCUT2D eigenvalue weighted by atomic mass is 32.1. The Hall–Kier alpha value is -1.53. The molecule has 0 saturated carbocycles. The molecular weight excluding hydrogens is 276 g/mol. The van der Waals surface area contributed by atoms with Crippen molar-refractivity contribution in [2.45, 2.75) is 26.8 Å². The van der Waals surface area contributed by atoms with E-state index < -0.39 is 0 Å². The van der Waals surface area contributed by atoms with Crippen molar-refractivity contribution < 1.29 is 0 Å². The second-order valence-electron chi connectivity index (χ2n) is 4.34. The van der Waals surface area contributed by atoms with Crippen molar-refractivity contribution in [1.82, 2.24) is 9.97 Å². The third kappa shape index (κ3) is 3.27. The van der Waals surface area contributed by atoms with Crippen molar-refractivity contribution in [3.05, 3.63) is 39.6 Å². The summed E-state index contributed by atoms with van der Waals surface area (Å²) in [5.74, 6) is 0. The summed E-state index contributed by atoms with van der Waals surface area (Å²) in [6, 6.07) is 3.95. The molecule has 0 saturated heterocycles. The highest BCUT2D eigenvalue weighted by molar-refractivity contribution is 7.80. The summed E-state index contributed by atoms with van der Waals surface area (Å²) in [6.07, 6.45) is 1.74. The maximum atomic E-state index is 5.52. The molecule has 1 atom stereocenters. The number of anilines is 1. The van der Waals surface area contributed by atoms with Gasteiger partial charge in [-0.2, -0.15) is 0 Å². The molecule has 2 heterocycles. The normalized spacial score (nSPS) is 12.2. The van der Waals surface area contributed by atoms with E-state index in [-0.39, 0.29) is 6.04 Å². The van der Waals surface area contributed by atoms with E-state index in [2.05, 4.69) is 22.2 Å². The average Bonchev–Trinajstić information content (AvgIpc) is 2.69. The molecule has 2 aromatic rings. The van der Waals surface area contributed by atoms with E-state index in [1.54, 1.807) is 17.5 Å². The van der Waals surface area contributed by atoms with E-state index in [9.17, 15) is 0 Å². The topological polar surface area (TPSA) is 63.8 Å². The molecule has 0 amide bonds. The van der Waals surface area contributed by atoms with Crippen LogP contribution in [0.15, 0.2) is 18.3 Å². The number of thiocarbonyl (C=S) groups is 1. The molecule has 0 bridgehead atoms. The lowest BCUT2D eigenvalue weighted by Crippen LogP contribution is -2.12. The van der Waals surface area contributed by atoms with Crippen molar-refractivity contribution in [2.75, 3.05) is 5.32 Å². The van der Waals surface area contributed by atoms with Gasteiger partial charge in [-0.1, -0.05) is 12.2 Å². The fourth-order valence-corrected chi connectivity index (χ4v) is 2.94. The van der Waals surface area contributed by atoms with Gasteiger partial charge in [-0.3, -0.25) is 4.98 Å². The lowest BCUT2D eigenvalue weighted by Gasteiger charge is -2.14. The van der Waals surface area contributed by atoms with E-state index >= 15 is 0 Å². The quantitative estimate of drug-likeness (QED) is 0.848. The highest BCUT2D eigenvalue weighted by Crippen LogP contribution is 2.27. The largest absolute Gasteiger partial charge is 0.388 e. The minimum Gasteiger partial charge on any atom is -0.388 e. The molecule has 19 heavy (non-hydrogen) atoms. The molecule has 1 unspecified atom stereocenters. The van der Waals surface area contributed by atoms with Crippen molar-refractivity contribution >= 4 is 34.2 Å². The fraction of sp³-hybridized carbons (Fsp3) is 0.308. The second-order valence-corrected chi connectivity index (χ2v) is 6.02. The van der Waals surface area contributed by atoms with E-state index in [1.165, 1.54) is 4.88 Å². The minimum atomic E-state index is 0.198. The molecule has 4 nitrogen and oxygen atoms in total. The van der Waals surface area contributed by atoms with Crippen molar-refractivity contribution in [2.24, 2.45) is 5.73 Å². The number of hydrogen-bond donors (Lipinski definition) is 2. The fourth-order valence-electron chi connectivity index (χ4n) is 1.89. The summed E-state index contributed by atoms with van der Waals surface area (Å²) in [5, 5.41) is 4.49. The van der Waals surface area contributed by atoms with Crippen LogP contribution >= 0.6 is 23.6 Å². The van der Waals surface area contributed by atoms with Crippen LogP contribution in [0.4, 0.5) is 5.69 Å². The molecule has 100 valence electrons. The van der Waals surface area contributed by atoms with Gasteiger partial charge in [0.1, 0.15) is 4.99 Å². The zero-order chi connectivity index (χ0) is 14.0. The zero-order valence-corrected chi connectivity index (χ0v) is 12.7. The van der Waals surface area contributed by atoms with Crippen LogP contribution in [0.5, 0.6) is 0 Å². The minimum absolute atomic E-state index is 0.198. The van der Waals surface area contributed by atoms with Crippen molar-refractivity contribution in [3.63, 3.8) is 0 Å². The molecule has 6 heteroatoms. The van der Waals surface area contributed by atoms with Crippen LogP contribution in [0.25, 0.3) is 0 Å². The number of hydrogen-bond acceptors (Lipinski definition) is 5. The number of aromatic nitrogens is 2. The molecule has 0 aliphatic heterocycles. The SMILES string of the molecule is Cc1nc(C)c(C(C)Nc2ccc(C(N)=S)nc2)s1. The predicted molar refractivity (Wildman–Crippen MR) is 83.8 cm³/mol. The third-order valence-corrected chi connectivity index (χ3v) is 4.20. The number of nitrogens with one attached hydrogen (secondary N) is 1. The lowest BCUT2D eigenvalue weighted by molar-refractivity contribution is 0.888. The molecule has 0 spiro atoms. The van der Waals surface area contributed by atoms with Gasteiger partial charge in [0.05, 0.1) is 34.3 Å². The Kier molecular flexibility index (Phi) is 4.11. The Bertz CT molecular complexity index is 589. The first-order valence-electron chi connectivity index (χ1n) is 5.93. The predicted octanol–water partition coefficient (Wildman–Crippen LogP) is 2.96. The van der Waals surface area contributed by atoms with Crippen molar-refractivity contribution in [1.29, 1.82) is 0 Å². The second kappa shape index (κ2) is 5.63. The zero-order valence-electron chi connectivity index (χ0n) is 11.1. The van der Waals surface area contributed by atoms with Gasteiger partial charge >= 0.3 is 0 Å². The van der Waals surface area contributed by atoms with Crippen LogP contribution in [0.1, 0.15) is 34.2 Å². The lowest BCUT2D eigenvalue weighted by atomic mass is 10.2. The molecular formula is C13H16N4S2. The summed E-state index contributed by atoms with van der Waals surface area (Å²) >= 11 is 6.59. The van der Waals surface area contributed by atoms with Gasteiger partial charge < -0.3 is 11.1 Å². The smallest absolute Gasteiger partial charge is 0.122 e. The highest BCUT2D eigenvalue weighted by Gasteiger charge is 2.12. The standard InChI is InChI=1S/C13H16N4S2/c1-7-12(19-9(3)16-7)8(2)17-10-4-5-11(13(14)18)15-6-10/h4-6,8,17H,1-3H3,(H2,14,18). The Labute approximate surface area is 122 Å². The van der Waals surface area contributed by atoms with Crippen LogP contribution < -0.4 is 11.1 Å². The van der Waals surface area contributed by atoms with E-state index in [0.717, 1.165) is 16.4 Å². The number of nitrogens with two attached hydrogens (primary N) is 1. The molecule has 0 aliphatic carbocycles. The molecule has 0 aromatic carbocycles. The number of thiazole rings is 1.